The summed E-state index contributed by atoms with van der Waals surface area (Å²) >= 11 is 5.73. The number of carboxylic acid groups (broad SMARTS) is 1. The molecule has 0 spiro atoms. The molecule has 7 nitrogen and oxygen atoms in total. The van der Waals surface area contributed by atoms with Gasteiger partial charge in [0.15, 0.2) is 6.04 Å². The average Bonchev–Trinajstić information content (AvgIpc) is 2.32. The van der Waals surface area contributed by atoms with Crippen molar-refractivity contribution < 1.29 is 24.2 Å². The summed E-state index contributed by atoms with van der Waals surface area (Å²) in [6, 6.07) is 0.236. The minimum Gasteiger partial charge on any atom is -0.489 e. The number of nitrogens with one attached hydrogen (secondary N) is 1. The summed E-state index contributed by atoms with van der Waals surface area (Å²) in [6.45, 7) is 4.75. The summed E-state index contributed by atoms with van der Waals surface area (Å²) in [7, 11) is 0. The number of amides is 1. The topological polar surface area (TPSA) is 97.8 Å². The zero-order valence-corrected chi connectivity index (χ0v) is 12.7. The van der Waals surface area contributed by atoms with Gasteiger partial charge in [-0.05, 0) is 20.8 Å². The normalized spacial score (nSPS) is 12.4. The van der Waals surface area contributed by atoms with E-state index in [2.05, 4.69) is 10.3 Å². The van der Waals surface area contributed by atoms with Crippen molar-refractivity contribution in [2.24, 2.45) is 0 Å². The Bertz CT molecular complexity index is 516. The van der Waals surface area contributed by atoms with Crippen molar-refractivity contribution in [1.29, 1.82) is 0 Å². The van der Waals surface area contributed by atoms with E-state index in [9.17, 15) is 9.59 Å². The van der Waals surface area contributed by atoms with Gasteiger partial charge < -0.3 is 19.9 Å². The molecule has 21 heavy (non-hydrogen) atoms. The predicted octanol–water partition coefficient (Wildman–Crippen LogP) is 2.09. The van der Waals surface area contributed by atoms with Crippen molar-refractivity contribution in [1.82, 2.24) is 10.3 Å². The fraction of sp³-hybridized carbons (Fsp3) is 0.462. The zero-order valence-electron chi connectivity index (χ0n) is 11.9. The highest BCUT2D eigenvalue weighted by Gasteiger charge is 2.24. The highest BCUT2D eigenvalue weighted by molar-refractivity contribution is 6.30. The molecular weight excluding hydrogens is 300 g/mol. The smallest absolute Gasteiger partial charge is 0.408 e. The molecule has 0 aromatic carbocycles. The van der Waals surface area contributed by atoms with Crippen LogP contribution in [0.15, 0.2) is 18.5 Å². The summed E-state index contributed by atoms with van der Waals surface area (Å²) in [5.41, 5.74) is -0.717. The van der Waals surface area contributed by atoms with Gasteiger partial charge in [-0.15, -0.1) is 0 Å². The highest BCUT2D eigenvalue weighted by Crippen LogP contribution is 2.15. The molecule has 0 aliphatic rings. The molecule has 1 amide bonds. The molecule has 8 heteroatoms. The van der Waals surface area contributed by atoms with E-state index in [0.717, 1.165) is 0 Å². The van der Waals surface area contributed by atoms with Crippen LogP contribution in [0.1, 0.15) is 20.8 Å². The number of carbonyl (C=O) groups excluding carboxylic acids is 1. The Morgan fingerprint density at radius 3 is 2.62 bits per heavy atom. The van der Waals surface area contributed by atoms with Crippen LogP contribution in [0.4, 0.5) is 4.79 Å². The van der Waals surface area contributed by atoms with E-state index < -0.39 is 23.7 Å². The van der Waals surface area contributed by atoms with E-state index in [1.54, 1.807) is 20.8 Å². The summed E-state index contributed by atoms with van der Waals surface area (Å²) in [5, 5.41) is 11.6. The minimum absolute atomic E-state index is 0.281. The third-order valence-corrected chi connectivity index (χ3v) is 2.29. The van der Waals surface area contributed by atoms with E-state index in [1.165, 1.54) is 18.5 Å². The number of pyridine rings is 1. The summed E-state index contributed by atoms with van der Waals surface area (Å²) in [4.78, 5) is 26.5. The summed E-state index contributed by atoms with van der Waals surface area (Å²) in [5.74, 6) is -0.935. The second kappa shape index (κ2) is 7.12. The molecule has 0 aliphatic heterocycles. The predicted molar refractivity (Wildman–Crippen MR) is 75.5 cm³/mol. The van der Waals surface area contributed by atoms with Crippen LogP contribution in [0.2, 0.25) is 5.02 Å². The van der Waals surface area contributed by atoms with Crippen LogP contribution in [0.5, 0.6) is 5.75 Å². The van der Waals surface area contributed by atoms with Gasteiger partial charge in [-0.3, -0.25) is 4.98 Å². The van der Waals surface area contributed by atoms with E-state index in [0.29, 0.717) is 10.8 Å². The molecule has 0 aliphatic carbocycles. The lowest BCUT2D eigenvalue weighted by molar-refractivity contribution is -0.140. The molecule has 0 saturated carbocycles. The third-order valence-electron chi connectivity index (χ3n) is 2.09. The third kappa shape index (κ3) is 6.80. The van der Waals surface area contributed by atoms with Gasteiger partial charge >= 0.3 is 12.1 Å². The maximum Gasteiger partial charge on any atom is 0.408 e. The van der Waals surface area contributed by atoms with E-state index >= 15 is 0 Å². The van der Waals surface area contributed by atoms with E-state index in [1.807, 2.05) is 0 Å². The van der Waals surface area contributed by atoms with Crippen LogP contribution in [-0.4, -0.2) is 40.4 Å². The van der Waals surface area contributed by atoms with Gasteiger partial charge in [-0.1, -0.05) is 11.6 Å². The van der Waals surface area contributed by atoms with Gasteiger partial charge in [0.25, 0.3) is 0 Å². The van der Waals surface area contributed by atoms with Crippen molar-refractivity contribution in [3.63, 3.8) is 0 Å². The van der Waals surface area contributed by atoms with Crippen molar-refractivity contribution in [3.8, 4) is 5.75 Å². The second-order valence-electron chi connectivity index (χ2n) is 5.19. The Morgan fingerprint density at radius 1 is 1.43 bits per heavy atom. The Balaban J connectivity index is 2.58. The number of carbonyl (C=O) groups is 2. The van der Waals surface area contributed by atoms with Gasteiger partial charge in [-0.25, -0.2) is 9.59 Å². The van der Waals surface area contributed by atoms with Gasteiger partial charge in [0.2, 0.25) is 0 Å². The lowest BCUT2D eigenvalue weighted by atomic mass is 10.2. The zero-order chi connectivity index (χ0) is 16.0. The maximum absolute atomic E-state index is 11.6. The van der Waals surface area contributed by atoms with Crippen LogP contribution >= 0.6 is 11.6 Å². The Hall–Kier alpha value is -2.02. The number of halogens is 1. The fourth-order valence-electron chi connectivity index (χ4n) is 1.28. The largest absolute Gasteiger partial charge is 0.489 e. The molecule has 1 rings (SSSR count). The molecular formula is C13H17ClN2O5. The van der Waals surface area contributed by atoms with Crippen LogP contribution in [0.25, 0.3) is 0 Å². The number of rotatable bonds is 5. The number of aliphatic carboxylic acids is 1. The highest BCUT2D eigenvalue weighted by atomic mass is 35.5. The number of ether oxygens (including phenoxy) is 2. The average molecular weight is 317 g/mol. The Kier molecular flexibility index (Phi) is 5.78. The number of aromatic nitrogens is 1. The summed E-state index contributed by atoms with van der Waals surface area (Å²) in [6.07, 6.45) is 1.98. The Morgan fingerprint density at radius 2 is 2.10 bits per heavy atom. The van der Waals surface area contributed by atoms with Gasteiger partial charge in [0.05, 0.1) is 11.2 Å². The molecule has 0 saturated heterocycles. The first-order valence-electron chi connectivity index (χ1n) is 6.13. The molecule has 0 bridgehead atoms. The van der Waals surface area contributed by atoms with Crippen LogP contribution in [-0.2, 0) is 9.53 Å². The van der Waals surface area contributed by atoms with Gasteiger partial charge in [0, 0.05) is 12.3 Å². The number of alkyl carbamates (subject to hydrolysis) is 1. The SMILES string of the molecule is CC(C)(C)OC(=O)N[C@H](COc1cncc(Cl)c1)C(=O)O. The molecule has 1 atom stereocenters. The van der Waals surface area contributed by atoms with Crippen molar-refractivity contribution >= 4 is 23.7 Å². The minimum atomic E-state index is -1.25. The number of hydrogen-bond donors (Lipinski definition) is 2. The van der Waals surface area contributed by atoms with Crippen LogP contribution in [0.3, 0.4) is 0 Å². The lowest BCUT2D eigenvalue weighted by Gasteiger charge is -2.22. The first kappa shape index (κ1) is 17.0. The number of hydrogen-bond acceptors (Lipinski definition) is 5. The van der Waals surface area contributed by atoms with Crippen LogP contribution in [0, 0.1) is 0 Å². The van der Waals surface area contributed by atoms with E-state index in [4.69, 9.17) is 26.2 Å². The second-order valence-corrected chi connectivity index (χ2v) is 5.62. The first-order valence-corrected chi connectivity index (χ1v) is 6.51. The maximum atomic E-state index is 11.6. The van der Waals surface area contributed by atoms with Crippen LogP contribution < -0.4 is 10.1 Å². The quantitative estimate of drug-likeness (QED) is 0.863. The molecule has 1 heterocycles. The van der Waals surface area contributed by atoms with E-state index in [-0.39, 0.29) is 6.61 Å². The molecule has 1 aromatic heterocycles. The first-order chi connectivity index (χ1) is 9.67. The molecule has 1 aromatic rings. The monoisotopic (exact) mass is 316 g/mol. The van der Waals surface area contributed by atoms with Crippen molar-refractivity contribution in [3.05, 3.63) is 23.5 Å². The standard InChI is InChI=1S/C13H17ClN2O5/c1-13(2,3)21-12(19)16-10(11(17)18)7-20-9-4-8(14)5-15-6-9/h4-6,10H,7H2,1-3H3,(H,16,19)(H,17,18)/t10-/m1/s1. The number of carboxylic acids is 1. The summed E-state index contributed by atoms with van der Waals surface area (Å²) < 4.78 is 10.2. The molecule has 2 N–H and O–H groups in total. The molecule has 116 valence electrons. The molecule has 0 radical (unpaired) electrons. The van der Waals surface area contributed by atoms with Crippen molar-refractivity contribution in [2.45, 2.75) is 32.4 Å². The number of nitrogens with zero attached hydrogens (tertiary/aromatic N) is 1. The lowest BCUT2D eigenvalue weighted by Crippen LogP contribution is -2.46. The van der Waals surface area contributed by atoms with Gasteiger partial charge in [0.1, 0.15) is 18.0 Å². The Labute approximate surface area is 127 Å². The molecule has 0 unspecified atom stereocenters. The van der Waals surface area contributed by atoms with Crippen molar-refractivity contribution in [2.75, 3.05) is 6.61 Å². The fourth-order valence-corrected chi connectivity index (χ4v) is 1.44. The van der Waals surface area contributed by atoms with Gasteiger partial charge in [-0.2, -0.15) is 0 Å². The molecule has 0 fully saturated rings.